The van der Waals surface area contributed by atoms with Crippen LogP contribution < -0.4 is 5.32 Å². The van der Waals surface area contributed by atoms with Gasteiger partial charge < -0.3 is 15.2 Å². The van der Waals surface area contributed by atoms with Crippen LogP contribution in [0.15, 0.2) is 24.3 Å². The van der Waals surface area contributed by atoms with E-state index in [4.69, 9.17) is 11.6 Å². The average molecular weight is 340 g/mol. The molecule has 0 aliphatic carbocycles. The van der Waals surface area contributed by atoms with Gasteiger partial charge in [0.05, 0.1) is 0 Å². The zero-order valence-corrected chi connectivity index (χ0v) is 13.7. The fourth-order valence-electron chi connectivity index (χ4n) is 3.60. The molecule has 0 bridgehead atoms. The van der Waals surface area contributed by atoms with E-state index < -0.39 is 0 Å². The normalized spacial score (nSPS) is 24.1. The number of nitrogens with one attached hydrogen (secondary N) is 2. The number of H-pyrrole nitrogens is 1. The van der Waals surface area contributed by atoms with Crippen molar-refractivity contribution in [3.8, 4) is 0 Å². The molecular weight excluding hydrogens is 321 g/mol. The summed E-state index contributed by atoms with van der Waals surface area (Å²) in [6.45, 7) is 2.76. The summed E-state index contributed by atoms with van der Waals surface area (Å²) in [5.74, 6) is 0.708. The van der Waals surface area contributed by atoms with Crippen molar-refractivity contribution >= 4 is 40.8 Å². The zero-order valence-electron chi connectivity index (χ0n) is 12.1. The molecule has 1 aromatic carbocycles. The van der Waals surface area contributed by atoms with Crippen LogP contribution in [-0.4, -0.2) is 41.5 Å². The van der Waals surface area contributed by atoms with Crippen LogP contribution in [0, 0.1) is 5.92 Å². The Bertz CT molecular complexity index is 686. The average Bonchev–Trinajstić information content (AvgIpc) is 3.09. The number of rotatable bonds is 1. The molecule has 4 nitrogen and oxygen atoms in total. The number of carbonyl (C=O) groups is 1. The highest BCUT2D eigenvalue weighted by Crippen LogP contribution is 2.27. The highest BCUT2D eigenvalue weighted by molar-refractivity contribution is 6.31. The van der Waals surface area contributed by atoms with E-state index in [1.54, 1.807) is 0 Å². The maximum absolute atomic E-state index is 12.7. The van der Waals surface area contributed by atoms with E-state index in [-0.39, 0.29) is 18.3 Å². The second kappa shape index (κ2) is 6.11. The quantitative estimate of drug-likeness (QED) is 0.838. The maximum Gasteiger partial charge on any atom is 0.270 e. The molecule has 2 N–H and O–H groups in total. The highest BCUT2D eigenvalue weighted by Gasteiger charge is 2.36. The monoisotopic (exact) mass is 339 g/mol. The molecule has 2 saturated heterocycles. The molecule has 1 aromatic heterocycles. The van der Waals surface area contributed by atoms with Gasteiger partial charge in [-0.2, -0.15) is 0 Å². The van der Waals surface area contributed by atoms with E-state index in [1.165, 1.54) is 12.8 Å². The molecule has 22 heavy (non-hydrogen) atoms. The SMILES string of the molecule is Cl.O=C(c1cc2cc(Cl)ccc2[nH]1)N1C[C@H]2CCCN[C@H]2C1. The number of likely N-dealkylation sites (tertiary alicyclic amines) is 1. The largest absolute Gasteiger partial charge is 0.351 e. The third-order valence-corrected chi connectivity index (χ3v) is 4.93. The van der Waals surface area contributed by atoms with Gasteiger partial charge in [-0.15, -0.1) is 12.4 Å². The molecule has 2 aliphatic heterocycles. The number of aromatic amines is 1. The first kappa shape index (κ1) is 15.7. The van der Waals surface area contributed by atoms with Crippen molar-refractivity contribution in [3.63, 3.8) is 0 Å². The van der Waals surface area contributed by atoms with Crippen LogP contribution in [-0.2, 0) is 0 Å². The molecule has 2 fully saturated rings. The lowest BCUT2D eigenvalue weighted by Gasteiger charge is -2.24. The lowest BCUT2D eigenvalue weighted by Crippen LogP contribution is -2.41. The van der Waals surface area contributed by atoms with E-state index in [2.05, 4.69) is 10.3 Å². The third kappa shape index (κ3) is 2.71. The summed E-state index contributed by atoms with van der Waals surface area (Å²) in [7, 11) is 0. The van der Waals surface area contributed by atoms with E-state index >= 15 is 0 Å². The summed E-state index contributed by atoms with van der Waals surface area (Å²) in [6.07, 6.45) is 2.44. The van der Waals surface area contributed by atoms with Crippen molar-refractivity contribution in [3.05, 3.63) is 35.0 Å². The fourth-order valence-corrected chi connectivity index (χ4v) is 3.78. The predicted octanol–water partition coefficient (Wildman–Crippen LogP) is 3.07. The van der Waals surface area contributed by atoms with E-state index in [0.717, 1.165) is 30.5 Å². The molecule has 2 aliphatic rings. The van der Waals surface area contributed by atoms with Gasteiger partial charge >= 0.3 is 0 Å². The van der Waals surface area contributed by atoms with Crippen molar-refractivity contribution in [1.29, 1.82) is 0 Å². The molecule has 3 heterocycles. The molecule has 0 spiro atoms. The number of carbonyl (C=O) groups excluding carboxylic acids is 1. The van der Waals surface area contributed by atoms with Crippen molar-refractivity contribution in [2.75, 3.05) is 19.6 Å². The number of aromatic nitrogens is 1. The van der Waals surface area contributed by atoms with Crippen LogP contribution in [0.2, 0.25) is 5.02 Å². The first-order valence-corrected chi connectivity index (χ1v) is 7.89. The van der Waals surface area contributed by atoms with Crippen LogP contribution in [0.5, 0.6) is 0 Å². The Balaban J connectivity index is 0.00000144. The number of benzene rings is 1. The van der Waals surface area contributed by atoms with Crippen molar-refractivity contribution in [1.82, 2.24) is 15.2 Å². The maximum atomic E-state index is 12.7. The first-order valence-electron chi connectivity index (χ1n) is 7.51. The van der Waals surface area contributed by atoms with Crippen LogP contribution in [0.25, 0.3) is 10.9 Å². The first-order chi connectivity index (χ1) is 10.2. The van der Waals surface area contributed by atoms with Gasteiger partial charge in [0, 0.05) is 35.1 Å². The third-order valence-electron chi connectivity index (χ3n) is 4.70. The molecule has 4 rings (SSSR count). The fraction of sp³-hybridized carbons (Fsp3) is 0.438. The van der Waals surface area contributed by atoms with Crippen LogP contribution in [0.3, 0.4) is 0 Å². The highest BCUT2D eigenvalue weighted by atomic mass is 35.5. The number of piperidine rings is 1. The van der Waals surface area contributed by atoms with Crippen molar-refractivity contribution in [2.45, 2.75) is 18.9 Å². The summed E-state index contributed by atoms with van der Waals surface area (Å²) in [5, 5.41) is 5.21. The number of fused-ring (bicyclic) bond motifs is 2. The molecule has 2 atom stereocenters. The zero-order chi connectivity index (χ0) is 14.4. The van der Waals surface area contributed by atoms with Crippen molar-refractivity contribution in [2.24, 2.45) is 5.92 Å². The van der Waals surface area contributed by atoms with Crippen molar-refractivity contribution < 1.29 is 4.79 Å². The topological polar surface area (TPSA) is 48.1 Å². The molecule has 0 saturated carbocycles. The Kier molecular flexibility index (Phi) is 4.35. The van der Waals surface area contributed by atoms with Gasteiger partial charge in [-0.3, -0.25) is 4.79 Å². The van der Waals surface area contributed by atoms with Gasteiger partial charge in [-0.1, -0.05) is 11.6 Å². The van der Waals surface area contributed by atoms with E-state index in [9.17, 15) is 4.79 Å². The second-order valence-corrected chi connectivity index (χ2v) is 6.52. The predicted molar refractivity (Wildman–Crippen MR) is 91.0 cm³/mol. The summed E-state index contributed by atoms with van der Waals surface area (Å²) in [6, 6.07) is 8.01. The molecular formula is C16H19Cl2N3O. The molecule has 2 aromatic rings. The molecule has 1 amide bonds. The van der Waals surface area contributed by atoms with Gasteiger partial charge in [0.15, 0.2) is 0 Å². The van der Waals surface area contributed by atoms with Gasteiger partial charge in [0.25, 0.3) is 5.91 Å². The number of amides is 1. The second-order valence-electron chi connectivity index (χ2n) is 6.09. The van der Waals surface area contributed by atoms with Crippen LogP contribution in [0.1, 0.15) is 23.3 Å². The smallest absolute Gasteiger partial charge is 0.270 e. The van der Waals surface area contributed by atoms with Gasteiger partial charge in [-0.25, -0.2) is 0 Å². The lowest BCUT2D eigenvalue weighted by molar-refractivity contribution is 0.0781. The standard InChI is InChI=1S/C16H18ClN3O.ClH/c17-12-3-4-13-11(6-12)7-14(19-13)16(21)20-8-10-2-1-5-18-15(10)9-20;/h3-4,6-7,10,15,18-19H,1-2,5,8-9H2;1H/t10-,15+;/m1./s1. The summed E-state index contributed by atoms with van der Waals surface area (Å²) < 4.78 is 0. The molecule has 6 heteroatoms. The van der Waals surface area contributed by atoms with Gasteiger partial charge in [0.2, 0.25) is 0 Å². The van der Waals surface area contributed by atoms with E-state index in [0.29, 0.717) is 22.7 Å². The summed E-state index contributed by atoms with van der Waals surface area (Å²) in [4.78, 5) is 17.9. The van der Waals surface area contributed by atoms with Crippen LogP contribution in [0.4, 0.5) is 0 Å². The number of halogens is 2. The number of hydrogen-bond acceptors (Lipinski definition) is 2. The Morgan fingerprint density at radius 2 is 2.14 bits per heavy atom. The lowest BCUT2D eigenvalue weighted by atomic mass is 9.94. The minimum absolute atomic E-state index is 0. The Morgan fingerprint density at radius 1 is 1.27 bits per heavy atom. The summed E-state index contributed by atoms with van der Waals surface area (Å²) >= 11 is 6.00. The van der Waals surface area contributed by atoms with Gasteiger partial charge in [0.1, 0.15) is 5.69 Å². The minimum atomic E-state index is 0. The van der Waals surface area contributed by atoms with E-state index in [1.807, 2.05) is 29.2 Å². The molecule has 0 radical (unpaired) electrons. The Hall–Kier alpha value is -1.23. The molecule has 0 unspecified atom stereocenters. The summed E-state index contributed by atoms with van der Waals surface area (Å²) in [5.41, 5.74) is 1.61. The van der Waals surface area contributed by atoms with Crippen LogP contribution >= 0.6 is 24.0 Å². The minimum Gasteiger partial charge on any atom is -0.351 e. The van der Waals surface area contributed by atoms with Gasteiger partial charge in [-0.05, 0) is 49.6 Å². The Labute approximate surface area is 140 Å². The number of hydrogen-bond donors (Lipinski definition) is 2. The Morgan fingerprint density at radius 3 is 2.95 bits per heavy atom. The molecule has 118 valence electrons. The number of nitrogens with zero attached hydrogens (tertiary/aromatic N) is 1.